The van der Waals surface area contributed by atoms with Crippen molar-refractivity contribution in [2.24, 2.45) is 11.7 Å². The summed E-state index contributed by atoms with van der Waals surface area (Å²) in [4.78, 5) is 11.9. The Morgan fingerprint density at radius 1 is 1.56 bits per heavy atom. The highest BCUT2D eigenvalue weighted by Crippen LogP contribution is 2.16. The number of rotatable bonds is 5. The second-order valence-electron chi connectivity index (χ2n) is 5.60. The summed E-state index contributed by atoms with van der Waals surface area (Å²) >= 11 is 6.03. The molecule has 0 aliphatic heterocycles. The van der Waals surface area contributed by atoms with E-state index in [1.54, 1.807) is 6.20 Å². The molecule has 6 heteroatoms. The van der Waals surface area contributed by atoms with E-state index in [0.29, 0.717) is 24.7 Å². The summed E-state index contributed by atoms with van der Waals surface area (Å²) in [7, 11) is 0. The second kappa shape index (κ2) is 5.71. The quantitative estimate of drug-likeness (QED) is 0.856. The number of hydrogen-bond acceptors (Lipinski definition) is 4. The molecule has 1 heterocycles. The average Bonchev–Trinajstić information content (AvgIpc) is 2.22. The fraction of sp³-hybridized carbons (Fsp3) is 0.667. The highest BCUT2D eigenvalue weighted by Gasteiger charge is 2.14. The molecule has 1 aromatic heterocycles. The summed E-state index contributed by atoms with van der Waals surface area (Å²) in [5, 5.41) is 7.30. The van der Waals surface area contributed by atoms with Gasteiger partial charge >= 0.3 is 0 Å². The third kappa shape index (κ3) is 4.31. The van der Waals surface area contributed by atoms with Crippen LogP contribution in [0.5, 0.6) is 0 Å². The van der Waals surface area contributed by atoms with Crippen LogP contribution in [-0.4, -0.2) is 21.9 Å². The minimum absolute atomic E-state index is 0.162. The first-order chi connectivity index (χ1) is 8.20. The molecule has 0 saturated heterocycles. The van der Waals surface area contributed by atoms with Gasteiger partial charge in [-0.3, -0.25) is 4.79 Å². The molecule has 0 saturated carbocycles. The molecule has 1 aromatic rings. The highest BCUT2D eigenvalue weighted by molar-refractivity contribution is 6.32. The van der Waals surface area contributed by atoms with Gasteiger partial charge in [0, 0.05) is 18.6 Å². The fourth-order valence-electron chi connectivity index (χ4n) is 1.39. The lowest BCUT2D eigenvalue weighted by Crippen LogP contribution is -2.40. The zero-order chi connectivity index (χ0) is 13.9. The van der Waals surface area contributed by atoms with Gasteiger partial charge in [0.25, 0.3) is 5.56 Å². The van der Waals surface area contributed by atoms with Gasteiger partial charge in [-0.15, -0.1) is 0 Å². The Bertz CT molecular complexity index is 462. The standard InChI is InChI=1S/C12H21ClN4O/c1-8(2)6-17-11(18)10(13)9(5-16-17)15-7-12(3,4)14/h5,8,15H,6-7,14H2,1-4H3. The van der Waals surface area contributed by atoms with Gasteiger partial charge in [0.05, 0.1) is 11.9 Å². The molecular weight excluding hydrogens is 252 g/mol. The number of hydrogen-bond donors (Lipinski definition) is 2. The van der Waals surface area contributed by atoms with E-state index in [1.807, 2.05) is 27.7 Å². The Morgan fingerprint density at radius 2 is 2.17 bits per heavy atom. The van der Waals surface area contributed by atoms with Crippen LogP contribution >= 0.6 is 11.6 Å². The van der Waals surface area contributed by atoms with Crippen LogP contribution in [0, 0.1) is 5.92 Å². The van der Waals surface area contributed by atoms with E-state index >= 15 is 0 Å². The molecule has 0 aromatic carbocycles. The normalized spacial score (nSPS) is 11.9. The van der Waals surface area contributed by atoms with Crippen molar-refractivity contribution in [3.8, 4) is 0 Å². The minimum Gasteiger partial charge on any atom is -0.381 e. The van der Waals surface area contributed by atoms with Gasteiger partial charge in [-0.1, -0.05) is 25.4 Å². The summed E-state index contributed by atoms with van der Waals surface area (Å²) in [5.74, 6) is 0.341. The largest absolute Gasteiger partial charge is 0.381 e. The molecule has 0 aliphatic carbocycles. The first-order valence-electron chi connectivity index (χ1n) is 5.99. The third-order valence-electron chi connectivity index (χ3n) is 2.26. The summed E-state index contributed by atoms with van der Waals surface area (Å²) in [6.45, 7) is 8.89. The molecule has 1 rings (SSSR count). The zero-order valence-corrected chi connectivity index (χ0v) is 12.1. The maximum Gasteiger partial charge on any atom is 0.287 e. The van der Waals surface area contributed by atoms with Gasteiger partial charge in [-0.25, -0.2) is 4.68 Å². The number of halogens is 1. The first-order valence-corrected chi connectivity index (χ1v) is 6.37. The van der Waals surface area contributed by atoms with Crippen molar-refractivity contribution in [3.63, 3.8) is 0 Å². The van der Waals surface area contributed by atoms with Crippen LogP contribution in [0.25, 0.3) is 0 Å². The molecule has 0 bridgehead atoms. The van der Waals surface area contributed by atoms with Crippen LogP contribution < -0.4 is 16.6 Å². The van der Waals surface area contributed by atoms with Gasteiger partial charge in [-0.2, -0.15) is 5.10 Å². The Balaban J connectivity index is 2.91. The predicted octanol–water partition coefficient (Wildman–Crippen LogP) is 1.70. The first kappa shape index (κ1) is 15.0. The molecular formula is C12H21ClN4O. The van der Waals surface area contributed by atoms with Gasteiger partial charge in [0.1, 0.15) is 5.02 Å². The van der Waals surface area contributed by atoms with Crippen molar-refractivity contribution in [2.45, 2.75) is 39.8 Å². The molecule has 5 nitrogen and oxygen atoms in total. The van der Waals surface area contributed by atoms with Gasteiger partial charge in [0.15, 0.2) is 0 Å². The van der Waals surface area contributed by atoms with E-state index in [-0.39, 0.29) is 16.1 Å². The van der Waals surface area contributed by atoms with Crippen molar-refractivity contribution in [3.05, 3.63) is 21.6 Å². The van der Waals surface area contributed by atoms with Crippen LogP contribution in [0.1, 0.15) is 27.7 Å². The minimum atomic E-state index is -0.379. The molecule has 0 amide bonds. The molecule has 0 radical (unpaired) electrons. The smallest absolute Gasteiger partial charge is 0.287 e. The van der Waals surface area contributed by atoms with Crippen LogP contribution in [0.2, 0.25) is 5.02 Å². The molecule has 18 heavy (non-hydrogen) atoms. The maximum absolute atomic E-state index is 11.9. The summed E-state index contributed by atoms with van der Waals surface area (Å²) < 4.78 is 1.38. The number of nitrogens with zero attached hydrogens (tertiary/aromatic N) is 2. The van der Waals surface area contributed by atoms with Crippen molar-refractivity contribution in [2.75, 3.05) is 11.9 Å². The Hall–Kier alpha value is -1.07. The Labute approximate surface area is 112 Å². The number of aromatic nitrogens is 2. The molecule has 0 unspecified atom stereocenters. The fourth-order valence-corrected chi connectivity index (χ4v) is 1.60. The molecule has 0 atom stereocenters. The lowest BCUT2D eigenvalue weighted by molar-refractivity contribution is 0.464. The zero-order valence-electron chi connectivity index (χ0n) is 11.3. The van der Waals surface area contributed by atoms with E-state index in [1.165, 1.54) is 4.68 Å². The third-order valence-corrected chi connectivity index (χ3v) is 2.62. The molecule has 0 fully saturated rings. The summed E-state index contributed by atoms with van der Waals surface area (Å²) in [6, 6.07) is 0. The van der Waals surface area contributed by atoms with E-state index in [2.05, 4.69) is 10.4 Å². The number of nitrogens with two attached hydrogens (primary N) is 1. The Morgan fingerprint density at radius 3 is 2.67 bits per heavy atom. The van der Waals surface area contributed by atoms with Crippen LogP contribution in [-0.2, 0) is 6.54 Å². The van der Waals surface area contributed by atoms with Crippen molar-refractivity contribution in [1.82, 2.24) is 9.78 Å². The second-order valence-corrected chi connectivity index (χ2v) is 5.97. The average molecular weight is 273 g/mol. The summed E-state index contributed by atoms with van der Waals surface area (Å²) in [6.07, 6.45) is 1.57. The number of anilines is 1. The van der Waals surface area contributed by atoms with Crippen molar-refractivity contribution < 1.29 is 0 Å². The lowest BCUT2D eigenvalue weighted by Gasteiger charge is -2.20. The maximum atomic E-state index is 11.9. The molecule has 0 spiro atoms. The monoisotopic (exact) mass is 272 g/mol. The van der Waals surface area contributed by atoms with Crippen molar-refractivity contribution in [1.29, 1.82) is 0 Å². The van der Waals surface area contributed by atoms with Crippen LogP contribution in [0.3, 0.4) is 0 Å². The van der Waals surface area contributed by atoms with E-state index in [4.69, 9.17) is 17.3 Å². The number of nitrogens with one attached hydrogen (secondary N) is 1. The van der Waals surface area contributed by atoms with Gasteiger partial charge < -0.3 is 11.1 Å². The molecule has 102 valence electrons. The Kier molecular flexibility index (Phi) is 4.76. The highest BCUT2D eigenvalue weighted by atomic mass is 35.5. The van der Waals surface area contributed by atoms with Crippen LogP contribution in [0.15, 0.2) is 11.0 Å². The molecule has 3 N–H and O–H groups in total. The molecule has 0 aliphatic rings. The van der Waals surface area contributed by atoms with Crippen LogP contribution in [0.4, 0.5) is 5.69 Å². The predicted molar refractivity (Wildman–Crippen MR) is 75.1 cm³/mol. The lowest BCUT2D eigenvalue weighted by atomic mass is 10.1. The summed E-state index contributed by atoms with van der Waals surface area (Å²) in [5.41, 5.74) is 5.73. The van der Waals surface area contributed by atoms with Crippen molar-refractivity contribution >= 4 is 17.3 Å². The SMILES string of the molecule is CC(C)Cn1ncc(NCC(C)(C)N)c(Cl)c1=O. The topological polar surface area (TPSA) is 72.9 Å². The van der Waals surface area contributed by atoms with Gasteiger partial charge in [0.2, 0.25) is 0 Å². The van der Waals surface area contributed by atoms with Gasteiger partial charge in [-0.05, 0) is 19.8 Å². The van der Waals surface area contributed by atoms with E-state index < -0.39 is 0 Å². The van der Waals surface area contributed by atoms with E-state index in [9.17, 15) is 4.79 Å². The van der Waals surface area contributed by atoms with E-state index in [0.717, 1.165) is 0 Å².